The van der Waals surface area contributed by atoms with E-state index in [0.29, 0.717) is 63.9 Å². The highest BCUT2D eigenvalue weighted by Crippen LogP contribution is 2.37. The topological polar surface area (TPSA) is 126 Å². The molecule has 11 nitrogen and oxygen atoms in total. The number of nitrogens with zero attached hydrogens (tertiary/aromatic N) is 5. The molecule has 2 aliphatic rings. The summed E-state index contributed by atoms with van der Waals surface area (Å²) in [6.45, 7) is 6.53. The summed E-state index contributed by atoms with van der Waals surface area (Å²) in [5.41, 5.74) is 2.35. The number of morpholine rings is 2. The van der Waals surface area contributed by atoms with Crippen molar-refractivity contribution in [2.24, 2.45) is 0 Å². The molecule has 4 aromatic rings. The number of fused-ring (bicyclic) bond motifs is 2. The Morgan fingerprint density at radius 3 is 2.64 bits per heavy atom. The molecule has 0 saturated carbocycles. The number of aromatic nitrogens is 4. The second-order valence-corrected chi connectivity index (χ2v) is 11.8. The van der Waals surface area contributed by atoms with Crippen LogP contribution in [-0.4, -0.2) is 99.2 Å². The number of nitrogens with one attached hydrogen (secondary N) is 2. The van der Waals surface area contributed by atoms with Crippen LogP contribution < -0.4 is 9.62 Å². The smallest absolute Gasteiger partial charge is 0.250 e. The van der Waals surface area contributed by atoms with E-state index in [2.05, 4.69) is 24.7 Å². The molecule has 0 amide bonds. The van der Waals surface area contributed by atoms with Gasteiger partial charge >= 0.3 is 0 Å². The maximum atomic E-state index is 13.2. The van der Waals surface area contributed by atoms with Crippen molar-refractivity contribution in [1.82, 2.24) is 29.8 Å². The fourth-order valence-electron chi connectivity index (χ4n) is 4.53. The molecule has 0 atom stereocenters. The molecule has 0 radical (unpaired) electrons. The molecule has 36 heavy (non-hydrogen) atoms. The van der Waals surface area contributed by atoms with E-state index < -0.39 is 10.0 Å². The minimum absolute atomic E-state index is 0.238. The largest absolute Gasteiger partial charge is 0.379 e. The Balaban J connectivity index is 1.36. The number of benzene rings is 1. The first kappa shape index (κ1) is 23.7. The lowest BCUT2D eigenvalue weighted by Crippen LogP contribution is -2.41. The highest BCUT2D eigenvalue weighted by Gasteiger charge is 2.25. The molecule has 13 heteroatoms. The molecular formula is C23H27N7O4S2. The molecule has 6 rings (SSSR count). The van der Waals surface area contributed by atoms with Crippen LogP contribution in [0.15, 0.2) is 34.7 Å². The molecule has 2 fully saturated rings. The number of H-pyrrole nitrogens is 1. The Morgan fingerprint density at radius 1 is 1.06 bits per heavy atom. The van der Waals surface area contributed by atoms with Crippen LogP contribution in [0.4, 0.5) is 5.82 Å². The summed E-state index contributed by atoms with van der Waals surface area (Å²) in [6.07, 6.45) is 1.76. The summed E-state index contributed by atoms with van der Waals surface area (Å²) < 4.78 is 41.0. The van der Waals surface area contributed by atoms with Gasteiger partial charge in [-0.05, 0) is 12.1 Å². The molecule has 1 aromatic carbocycles. The standard InChI is InChI=1S/C23H27N7O4S2/c31-36(32,25-4-5-29-6-10-33-11-7-29)20-14-19-21(35-20)23(30-8-12-34-13-9-30)27-22(26-19)16-2-1-3-18-17(16)15-24-28-18/h1-3,14-15,25H,4-13H2,(H,24,28). The molecule has 3 aromatic heterocycles. The van der Waals surface area contributed by atoms with Crippen LogP contribution in [0.1, 0.15) is 0 Å². The molecule has 2 N–H and O–H groups in total. The number of aromatic amines is 1. The zero-order valence-electron chi connectivity index (χ0n) is 19.6. The van der Waals surface area contributed by atoms with E-state index in [4.69, 9.17) is 19.4 Å². The van der Waals surface area contributed by atoms with E-state index in [1.54, 1.807) is 12.3 Å². The molecule has 0 spiro atoms. The van der Waals surface area contributed by atoms with Gasteiger partial charge in [0.25, 0.3) is 0 Å². The van der Waals surface area contributed by atoms with Crippen LogP contribution in [0.3, 0.4) is 0 Å². The Labute approximate surface area is 212 Å². The zero-order valence-corrected chi connectivity index (χ0v) is 21.3. The summed E-state index contributed by atoms with van der Waals surface area (Å²) in [5.74, 6) is 1.27. The minimum Gasteiger partial charge on any atom is -0.379 e. The van der Waals surface area contributed by atoms with E-state index in [1.165, 1.54) is 11.3 Å². The number of sulfonamides is 1. The highest BCUT2D eigenvalue weighted by atomic mass is 32.2. The normalized spacial score (nSPS) is 17.8. The van der Waals surface area contributed by atoms with Crippen LogP contribution in [-0.2, 0) is 19.5 Å². The molecule has 2 aliphatic heterocycles. The van der Waals surface area contributed by atoms with Gasteiger partial charge in [0.05, 0.1) is 48.4 Å². The average molecular weight is 530 g/mol. The molecule has 190 valence electrons. The lowest BCUT2D eigenvalue weighted by atomic mass is 10.1. The average Bonchev–Trinajstić information content (AvgIpc) is 3.57. The second-order valence-electron chi connectivity index (χ2n) is 8.74. The Hall–Kier alpha value is -2.68. The molecule has 2 saturated heterocycles. The van der Waals surface area contributed by atoms with E-state index in [-0.39, 0.29) is 4.21 Å². The van der Waals surface area contributed by atoms with Gasteiger partial charge in [-0.15, -0.1) is 11.3 Å². The van der Waals surface area contributed by atoms with Crippen molar-refractivity contribution in [2.75, 3.05) is 70.6 Å². The second kappa shape index (κ2) is 10.00. The van der Waals surface area contributed by atoms with E-state index >= 15 is 0 Å². The number of anilines is 1. The summed E-state index contributed by atoms with van der Waals surface area (Å²) in [4.78, 5) is 14.1. The van der Waals surface area contributed by atoms with Gasteiger partial charge in [0.15, 0.2) is 11.6 Å². The Morgan fingerprint density at radius 2 is 1.83 bits per heavy atom. The first-order valence-electron chi connectivity index (χ1n) is 11.9. The summed E-state index contributed by atoms with van der Waals surface area (Å²) in [5, 5.41) is 8.06. The molecule has 0 bridgehead atoms. The lowest BCUT2D eigenvalue weighted by molar-refractivity contribution is 0.0390. The van der Waals surface area contributed by atoms with Gasteiger partial charge in [-0.1, -0.05) is 12.1 Å². The number of hydrogen-bond acceptors (Lipinski definition) is 10. The molecule has 0 aliphatic carbocycles. The van der Waals surface area contributed by atoms with Gasteiger partial charge < -0.3 is 14.4 Å². The van der Waals surface area contributed by atoms with Gasteiger partial charge in [0, 0.05) is 50.2 Å². The van der Waals surface area contributed by atoms with E-state index in [0.717, 1.165) is 40.1 Å². The van der Waals surface area contributed by atoms with E-state index in [1.807, 2.05) is 18.2 Å². The molecular weight excluding hydrogens is 502 g/mol. The molecule has 5 heterocycles. The van der Waals surface area contributed by atoms with Crippen molar-refractivity contribution in [3.63, 3.8) is 0 Å². The van der Waals surface area contributed by atoms with Crippen molar-refractivity contribution in [2.45, 2.75) is 4.21 Å². The first-order chi connectivity index (χ1) is 17.6. The first-order valence-corrected chi connectivity index (χ1v) is 14.2. The van der Waals surface area contributed by atoms with Crippen LogP contribution in [0.25, 0.3) is 32.5 Å². The zero-order chi connectivity index (χ0) is 24.5. The van der Waals surface area contributed by atoms with Gasteiger partial charge in [0.2, 0.25) is 10.0 Å². The monoisotopic (exact) mass is 529 g/mol. The van der Waals surface area contributed by atoms with Crippen molar-refractivity contribution >= 4 is 48.3 Å². The SMILES string of the molecule is O=S(=O)(NCCN1CCOCC1)c1cc2nc(-c3cccc4[nH]ncc34)nc(N3CCOCC3)c2s1. The van der Waals surface area contributed by atoms with Gasteiger partial charge in [-0.3, -0.25) is 10.00 Å². The Kier molecular flexibility index (Phi) is 6.58. The summed E-state index contributed by atoms with van der Waals surface area (Å²) >= 11 is 1.21. The molecule has 0 unspecified atom stereocenters. The fraction of sp³-hybridized carbons (Fsp3) is 0.435. The predicted molar refractivity (Wildman–Crippen MR) is 138 cm³/mol. The van der Waals surface area contributed by atoms with Gasteiger partial charge in [-0.25, -0.2) is 23.1 Å². The third kappa shape index (κ3) is 4.69. The quantitative estimate of drug-likeness (QED) is 0.368. The third-order valence-electron chi connectivity index (χ3n) is 6.46. The van der Waals surface area contributed by atoms with Gasteiger partial charge in [-0.2, -0.15) is 5.10 Å². The number of hydrogen-bond donors (Lipinski definition) is 2. The summed E-state index contributed by atoms with van der Waals surface area (Å²) in [7, 11) is -3.69. The van der Waals surface area contributed by atoms with Crippen LogP contribution in [0.2, 0.25) is 0 Å². The Bertz CT molecular complexity index is 1470. The van der Waals surface area contributed by atoms with Crippen molar-refractivity contribution in [3.05, 3.63) is 30.5 Å². The number of ether oxygens (including phenoxy) is 2. The predicted octanol–water partition coefficient (Wildman–Crippen LogP) is 1.68. The van der Waals surface area contributed by atoms with Gasteiger partial charge in [0.1, 0.15) is 4.21 Å². The number of rotatable bonds is 7. The summed E-state index contributed by atoms with van der Waals surface area (Å²) in [6, 6.07) is 7.49. The maximum absolute atomic E-state index is 13.2. The van der Waals surface area contributed by atoms with Crippen LogP contribution in [0.5, 0.6) is 0 Å². The minimum atomic E-state index is -3.69. The highest BCUT2D eigenvalue weighted by molar-refractivity contribution is 7.91. The fourth-order valence-corrected chi connectivity index (χ4v) is 7.01. The van der Waals surface area contributed by atoms with Crippen molar-refractivity contribution < 1.29 is 17.9 Å². The third-order valence-corrected chi connectivity index (χ3v) is 9.51. The lowest BCUT2D eigenvalue weighted by Gasteiger charge is -2.28. The van der Waals surface area contributed by atoms with Crippen LogP contribution in [0, 0.1) is 0 Å². The van der Waals surface area contributed by atoms with Crippen molar-refractivity contribution in [3.8, 4) is 11.4 Å². The van der Waals surface area contributed by atoms with E-state index in [9.17, 15) is 8.42 Å². The maximum Gasteiger partial charge on any atom is 0.250 e. The number of thiophene rings is 1. The van der Waals surface area contributed by atoms with Crippen LogP contribution >= 0.6 is 11.3 Å². The van der Waals surface area contributed by atoms with Crippen molar-refractivity contribution in [1.29, 1.82) is 0 Å².